The Balaban J connectivity index is 2.72. The molecule has 0 bridgehead atoms. The maximum atomic E-state index is 12.0. The highest BCUT2D eigenvalue weighted by Crippen LogP contribution is 2.21. The van der Waals surface area contributed by atoms with Gasteiger partial charge in [0.15, 0.2) is 0 Å². The van der Waals surface area contributed by atoms with Crippen molar-refractivity contribution < 1.29 is 9.53 Å². The number of rotatable bonds is 4. The smallest absolute Gasteiger partial charge is 0.313 e. The van der Waals surface area contributed by atoms with Gasteiger partial charge in [-0.25, -0.2) is 0 Å². The highest BCUT2D eigenvalue weighted by Gasteiger charge is 2.22. The highest BCUT2D eigenvalue weighted by atomic mass is 16.6. The molecule has 2 nitrogen and oxygen atoms in total. The number of carbonyl (C=O) groups excluding carboxylic acids is 1. The fourth-order valence-corrected chi connectivity index (χ4v) is 1.94. The molecule has 0 aromatic heterocycles. The predicted molar refractivity (Wildman–Crippen MR) is 79.2 cm³/mol. The molecule has 0 spiro atoms. The van der Waals surface area contributed by atoms with Gasteiger partial charge in [0.1, 0.15) is 5.60 Å². The minimum Gasteiger partial charge on any atom is -0.460 e. The Morgan fingerprint density at radius 1 is 1.11 bits per heavy atom. The summed E-state index contributed by atoms with van der Waals surface area (Å²) in [6.45, 7) is 12.0. The second-order valence-corrected chi connectivity index (χ2v) is 6.59. The SMILES string of the molecule is CC(C)Cc1ccc(C(C)C(=O)OC(C)(C)C)cc1. The van der Waals surface area contributed by atoms with Crippen LogP contribution in [0.4, 0.5) is 0 Å². The molecule has 1 aromatic carbocycles. The average Bonchev–Trinajstić information content (AvgIpc) is 2.26. The predicted octanol–water partition coefficient (Wildman–Crippen LogP) is 4.33. The molecule has 1 atom stereocenters. The Morgan fingerprint density at radius 3 is 2.05 bits per heavy atom. The van der Waals surface area contributed by atoms with E-state index in [1.165, 1.54) is 5.56 Å². The van der Waals surface area contributed by atoms with E-state index in [0.717, 1.165) is 12.0 Å². The third kappa shape index (κ3) is 5.46. The first-order valence-electron chi connectivity index (χ1n) is 7.00. The van der Waals surface area contributed by atoms with E-state index in [-0.39, 0.29) is 11.9 Å². The maximum Gasteiger partial charge on any atom is 0.313 e. The lowest BCUT2D eigenvalue weighted by Crippen LogP contribution is -2.26. The van der Waals surface area contributed by atoms with Crippen LogP contribution in [0.5, 0.6) is 0 Å². The first-order chi connectivity index (χ1) is 8.69. The van der Waals surface area contributed by atoms with Crippen LogP contribution in [0.15, 0.2) is 24.3 Å². The summed E-state index contributed by atoms with van der Waals surface area (Å²) in [5, 5.41) is 0. The van der Waals surface area contributed by atoms with Gasteiger partial charge < -0.3 is 4.74 Å². The Bertz CT molecular complexity index is 410. The molecule has 0 amide bonds. The minimum absolute atomic E-state index is 0.163. The molecular weight excluding hydrogens is 236 g/mol. The van der Waals surface area contributed by atoms with Crippen LogP contribution < -0.4 is 0 Å². The molecule has 1 unspecified atom stereocenters. The van der Waals surface area contributed by atoms with Gasteiger partial charge in [0, 0.05) is 0 Å². The van der Waals surface area contributed by atoms with E-state index in [2.05, 4.69) is 26.0 Å². The van der Waals surface area contributed by atoms with Gasteiger partial charge in [0.25, 0.3) is 0 Å². The Kier molecular flexibility index (Phi) is 5.16. The summed E-state index contributed by atoms with van der Waals surface area (Å²) in [5.74, 6) is 0.269. The molecule has 0 aliphatic rings. The van der Waals surface area contributed by atoms with Gasteiger partial charge in [-0.15, -0.1) is 0 Å². The van der Waals surface area contributed by atoms with Crippen LogP contribution in [0.2, 0.25) is 0 Å². The summed E-state index contributed by atoms with van der Waals surface area (Å²) in [7, 11) is 0. The van der Waals surface area contributed by atoms with Crippen LogP contribution in [0.3, 0.4) is 0 Å². The van der Waals surface area contributed by atoms with Gasteiger partial charge in [0.05, 0.1) is 5.92 Å². The third-order valence-corrected chi connectivity index (χ3v) is 2.88. The number of esters is 1. The van der Waals surface area contributed by atoms with Gasteiger partial charge in [-0.1, -0.05) is 38.1 Å². The lowest BCUT2D eigenvalue weighted by Gasteiger charge is -2.22. The fourth-order valence-electron chi connectivity index (χ4n) is 1.94. The van der Waals surface area contributed by atoms with Gasteiger partial charge in [-0.3, -0.25) is 4.79 Å². The molecule has 0 saturated heterocycles. The summed E-state index contributed by atoms with van der Waals surface area (Å²) < 4.78 is 5.41. The number of hydrogen-bond donors (Lipinski definition) is 0. The fraction of sp³-hybridized carbons (Fsp3) is 0.588. The van der Waals surface area contributed by atoms with Crippen molar-refractivity contribution in [3.8, 4) is 0 Å². The molecule has 1 aromatic rings. The highest BCUT2D eigenvalue weighted by molar-refractivity contribution is 5.78. The van der Waals surface area contributed by atoms with Gasteiger partial charge in [-0.05, 0) is 51.2 Å². The zero-order chi connectivity index (χ0) is 14.6. The first-order valence-corrected chi connectivity index (χ1v) is 7.00. The lowest BCUT2D eigenvalue weighted by atomic mass is 9.96. The van der Waals surface area contributed by atoms with E-state index < -0.39 is 5.60 Å². The van der Waals surface area contributed by atoms with Crippen molar-refractivity contribution in [2.75, 3.05) is 0 Å². The molecule has 0 N–H and O–H groups in total. The quantitative estimate of drug-likeness (QED) is 0.755. The Hall–Kier alpha value is -1.31. The van der Waals surface area contributed by atoms with Crippen LogP contribution in [-0.4, -0.2) is 11.6 Å². The standard InChI is InChI=1S/C17H26O2/c1-12(2)11-14-7-9-15(10-8-14)13(3)16(18)19-17(4,5)6/h7-10,12-13H,11H2,1-6H3. The Morgan fingerprint density at radius 2 is 1.63 bits per heavy atom. The summed E-state index contributed by atoms with van der Waals surface area (Å²) in [6, 6.07) is 8.28. The zero-order valence-electron chi connectivity index (χ0n) is 13.0. The molecule has 0 heterocycles. The van der Waals surface area contributed by atoms with E-state index in [0.29, 0.717) is 5.92 Å². The van der Waals surface area contributed by atoms with Crippen LogP contribution >= 0.6 is 0 Å². The largest absolute Gasteiger partial charge is 0.460 e. The number of benzene rings is 1. The van der Waals surface area contributed by atoms with E-state index in [4.69, 9.17) is 4.74 Å². The maximum absolute atomic E-state index is 12.0. The number of carbonyl (C=O) groups is 1. The van der Waals surface area contributed by atoms with Crippen molar-refractivity contribution in [3.63, 3.8) is 0 Å². The van der Waals surface area contributed by atoms with Crippen LogP contribution in [0.25, 0.3) is 0 Å². The summed E-state index contributed by atoms with van der Waals surface area (Å²) in [5.41, 5.74) is 1.90. The molecule has 1 rings (SSSR count). The topological polar surface area (TPSA) is 26.3 Å². The Labute approximate surface area is 117 Å². The summed E-state index contributed by atoms with van der Waals surface area (Å²) in [4.78, 5) is 12.0. The van der Waals surface area contributed by atoms with Gasteiger partial charge in [-0.2, -0.15) is 0 Å². The number of ether oxygens (including phenoxy) is 1. The minimum atomic E-state index is -0.428. The molecule has 0 aliphatic carbocycles. The normalized spacial score (nSPS) is 13.4. The molecule has 19 heavy (non-hydrogen) atoms. The van der Waals surface area contributed by atoms with Crippen molar-refractivity contribution in [2.45, 2.75) is 59.5 Å². The second-order valence-electron chi connectivity index (χ2n) is 6.59. The van der Waals surface area contributed by atoms with Gasteiger partial charge >= 0.3 is 5.97 Å². The van der Waals surface area contributed by atoms with Gasteiger partial charge in [0.2, 0.25) is 0 Å². The molecule has 0 fully saturated rings. The molecule has 0 aliphatic heterocycles. The van der Waals surface area contributed by atoms with Crippen molar-refractivity contribution in [1.82, 2.24) is 0 Å². The van der Waals surface area contributed by atoms with E-state index in [1.807, 2.05) is 39.8 Å². The van der Waals surface area contributed by atoms with Crippen LogP contribution in [-0.2, 0) is 16.0 Å². The molecule has 0 saturated carbocycles. The van der Waals surface area contributed by atoms with Crippen LogP contribution in [0, 0.1) is 5.92 Å². The third-order valence-electron chi connectivity index (χ3n) is 2.88. The van der Waals surface area contributed by atoms with E-state index >= 15 is 0 Å². The van der Waals surface area contributed by atoms with Crippen molar-refractivity contribution in [3.05, 3.63) is 35.4 Å². The summed E-state index contributed by atoms with van der Waals surface area (Å²) in [6.07, 6.45) is 1.07. The van der Waals surface area contributed by atoms with E-state index in [1.54, 1.807) is 0 Å². The van der Waals surface area contributed by atoms with E-state index in [9.17, 15) is 4.79 Å². The first kappa shape index (κ1) is 15.7. The lowest BCUT2D eigenvalue weighted by molar-refractivity contribution is -0.156. The zero-order valence-corrected chi connectivity index (χ0v) is 13.0. The van der Waals surface area contributed by atoms with Crippen molar-refractivity contribution >= 4 is 5.97 Å². The molecule has 2 heteroatoms. The summed E-state index contributed by atoms with van der Waals surface area (Å²) >= 11 is 0. The van der Waals surface area contributed by atoms with Crippen LogP contribution in [0.1, 0.15) is 58.6 Å². The molecule has 106 valence electrons. The van der Waals surface area contributed by atoms with Crippen molar-refractivity contribution in [1.29, 1.82) is 0 Å². The van der Waals surface area contributed by atoms with Crippen molar-refractivity contribution in [2.24, 2.45) is 5.92 Å². The molecule has 0 radical (unpaired) electrons. The monoisotopic (exact) mass is 262 g/mol. The second kappa shape index (κ2) is 6.23. The average molecular weight is 262 g/mol. The molecular formula is C17H26O2. The number of hydrogen-bond acceptors (Lipinski definition) is 2.